The summed E-state index contributed by atoms with van der Waals surface area (Å²) in [5.74, 6) is 1.11. The highest BCUT2D eigenvalue weighted by Gasteiger charge is 2.40. The molecule has 2 amide bonds. The molecular weight excluding hydrogens is 468 g/mol. The van der Waals surface area contributed by atoms with Crippen molar-refractivity contribution in [2.75, 3.05) is 13.1 Å². The Hall–Kier alpha value is -3.68. The van der Waals surface area contributed by atoms with Gasteiger partial charge in [-0.1, -0.05) is 47.6 Å². The zero-order valence-corrected chi connectivity index (χ0v) is 21.7. The first-order valence-electron chi connectivity index (χ1n) is 13.0. The van der Waals surface area contributed by atoms with Gasteiger partial charge in [0, 0.05) is 36.3 Å². The lowest BCUT2D eigenvalue weighted by atomic mass is 10.0. The third-order valence-corrected chi connectivity index (χ3v) is 6.74. The molecule has 37 heavy (non-hydrogen) atoms. The van der Waals surface area contributed by atoms with Gasteiger partial charge in [-0.2, -0.15) is 4.98 Å². The fourth-order valence-corrected chi connectivity index (χ4v) is 4.76. The van der Waals surface area contributed by atoms with Crippen molar-refractivity contribution in [3.05, 3.63) is 71.6 Å². The summed E-state index contributed by atoms with van der Waals surface area (Å²) in [4.78, 5) is 34.3. The second-order valence-corrected chi connectivity index (χ2v) is 10.9. The molecule has 1 aromatic heterocycles. The molecular formula is C29H34N4O4. The van der Waals surface area contributed by atoms with Gasteiger partial charge in [0.15, 0.2) is 0 Å². The minimum atomic E-state index is -0.513. The molecule has 8 nitrogen and oxygen atoms in total. The van der Waals surface area contributed by atoms with Crippen molar-refractivity contribution in [2.24, 2.45) is 0 Å². The summed E-state index contributed by atoms with van der Waals surface area (Å²) in [6, 6.07) is 17.8. The van der Waals surface area contributed by atoms with Crippen LogP contribution in [0.5, 0.6) is 0 Å². The minimum Gasteiger partial charge on any atom is -0.444 e. The quantitative estimate of drug-likeness (QED) is 0.453. The molecule has 0 radical (unpaired) electrons. The number of benzene rings is 2. The zero-order valence-electron chi connectivity index (χ0n) is 21.7. The minimum absolute atomic E-state index is 0.0441. The lowest BCUT2D eigenvalue weighted by molar-refractivity contribution is 0.0142. The van der Waals surface area contributed by atoms with Crippen LogP contribution in [0.3, 0.4) is 0 Å². The Bertz CT molecular complexity index is 1220. The molecule has 0 bridgehead atoms. The highest BCUT2D eigenvalue weighted by atomic mass is 16.6. The standard InChI is InChI=1S/C29H34N4O4/c1-29(2,3)36-28(35)32-17-15-24(16-18-32)33(23-13-14-23)27(34)22-11-9-21(10-12-22)26-30-25(37-31-26)19-20-7-5-4-6-8-20/h4-12,23-24H,13-19H2,1-3H3. The Balaban J connectivity index is 1.22. The van der Waals surface area contributed by atoms with Crippen molar-refractivity contribution in [3.8, 4) is 11.4 Å². The third-order valence-electron chi connectivity index (χ3n) is 6.74. The van der Waals surface area contributed by atoms with Crippen molar-refractivity contribution in [3.63, 3.8) is 0 Å². The van der Waals surface area contributed by atoms with Crippen LogP contribution in [0, 0.1) is 0 Å². The van der Waals surface area contributed by atoms with Crippen LogP contribution < -0.4 is 0 Å². The molecule has 2 aliphatic rings. The highest BCUT2D eigenvalue weighted by molar-refractivity contribution is 5.95. The molecule has 8 heteroatoms. The second kappa shape index (κ2) is 10.4. The van der Waals surface area contributed by atoms with Gasteiger partial charge in [0.05, 0.1) is 6.42 Å². The number of hydrogen-bond acceptors (Lipinski definition) is 6. The Labute approximate surface area is 217 Å². The maximum atomic E-state index is 13.6. The third kappa shape index (κ3) is 6.18. The van der Waals surface area contributed by atoms with Crippen molar-refractivity contribution in [1.29, 1.82) is 0 Å². The maximum Gasteiger partial charge on any atom is 0.410 e. The fourth-order valence-electron chi connectivity index (χ4n) is 4.76. The summed E-state index contributed by atoms with van der Waals surface area (Å²) in [5, 5.41) is 4.12. The van der Waals surface area contributed by atoms with Crippen molar-refractivity contribution >= 4 is 12.0 Å². The Morgan fingerprint density at radius 3 is 2.24 bits per heavy atom. The number of likely N-dealkylation sites (tertiary alicyclic amines) is 1. The van der Waals surface area contributed by atoms with Crippen LogP contribution in [0.25, 0.3) is 11.4 Å². The monoisotopic (exact) mass is 502 g/mol. The largest absolute Gasteiger partial charge is 0.444 e. The Kier molecular flexibility index (Phi) is 7.00. The molecule has 2 aromatic carbocycles. The maximum absolute atomic E-state index is 13.6. The van der Waals surface area contributed by atoms with E-state index < -0.39 is 5.60 Å². The fraction of sp³-hybridized carbons (Fsp3) is 0.448. The van der Waals surface area contributed by atoms with Gasteiger partial charge in [-0.25, -0.2) is 4.79 Å². The summed E-state index contributed by atoms with van der Waals surface area (Å²) in [6.07, 6.45) is 3.87. The van der Waals surface area contributed by atoms with Gasteiger partial charge >= 0.3 is 6.09 Å². The average molecular weight is 503 g/mol. The lowest BCUT2D eigenvalue weighted by Crippen LogP contribution is -2.50. The van der Waals surface area contributed by atoms with E-state index in [9.17, 15) is 9.59 Å². The normalized spacial score (nSPS) is 16.5. The Morgan fingerprint density at radius 2 is 1.62 bits per heavy atom. The van der Waals surface area contributed by atoms with E-state index in [0.29, 0.717) is 36.8 Å². The van der Waals surface area contributed by atoms with Crippen molar-refractivity contribution < 1.29 is 18.8 Å². The van der Waals surface area contributed by atoms with Crippen molar-refractivity contribution in [1.82, 2.24) is 19.9 Å². The molecule has 194 valence electrons. The van der Waals surface area contributed by atoms with E-state index in [0.717, 1.165) is 36.8 Å². The zero-order chi connectivity index (χ0) is 26.0. The number of carbonyl (C=O) groups is 2. The van der Waals surface area contributed by atoms with Gasteiger partial charge in [0.2, 0.25) is 11.7 Å². The molecule has 1 aliphatic carbocycles. The van der Waals surface area contributed by atoms with E-state index in [2.05, 4.69) is 10.1 Å². The first-order valence-corrected chi connectivity index (χ1v) is 13.0. The van der Waals surface area contributed by atoms with E-state index >= 15 is 0 Å². The van der Waals surface area contributed by atoms with Crippen molar-refractivity contribution in [2.45, 2.75) is 70.6 Å². The number of aromatic nitrogens is 2. The summed E-state index contributed by atoms with van der Waals surface area (Å²) in [7, 11) is 0. The van der Waals surface area contributed by atoms with Crippen LogP contribution in [0.15, 0.2) is 59.1 Å². The summed E-state index contributed by atoms with van der Waals surface area (Å²) >= 11 is 0. The lowest BCUT2D eigenvalue weighted by Gasteiger charge is -2.39. The molecule has 0 spiro atoms. The number of ether oxygens (including phenoxy) is 1. The van der Waals surface area contributed by atoms with Crippen LogP contribution in [0.2, 0.25) is 0 Å². The summed E-state index contributed by atoms with van der Waals surface area (Å²) < 4.78 is 11.0. The first kappa shape index (κ1) is 25.0. The van der Waals surface area contributed by atoms with Crippen LogP contribution in [0.1, 0.15) is 68.3 Å². The Morgan fingerprint density at radius 1 is 0.973 bits per heavy atom. The van der Waals surface area contributed by atoms with Gasteiger partial charge in [-0.3, -0.25) is 4.79 Å². The smallest absolute Gasteiger partial charge is 0.410 e. The molecule has 1 aliphatic heterocycles. The molecule has 2 heterocycles. The summed E-state index contributed by atoms with van der Waals surface area (Å²) in [6.45, 7) is 6.81. The van der Waals surface area contributed by atoms with E-state index in [1.807, 2.05) is 80.3 Å². The molecule has 2 fully saturated rings. The number of carbonyl (C=O) groups excluding carboxylic acids is 2. The molecule has 3 aromatic rings. The SMILES string of the molecule is CC(C)(C)OC(=O)N1CCC(N(C(=O)c2ccc(-c3noc(Cc4ccccc4)n3)cc2)C2CC2)CC1. The summed E-state index contributed by atoms with van der Waals surface area (Å²) in [5.41, 5.74) is 2.05. The highest BCUT2D eigenvalue weighted by Crippen LogP contribution is 2.34. The van der Waals surface area contributed by atoms with E-state index in [-0.39, 0.29) is 24.1 Å². The van der Waals surface area contributed by atoms with E-state index in [1.165, 1.54) is 0 Å². The molecule has 0 N–H and O–H groups in total. The topological polar surface area (TPSA) is 88.8 Å². The molecule has 1 saturated heterocycles. The van der Waals surface area contributed by atoms with Crippen LogP contribution in [0.4, 0.5) is 4.79 Å². The number of rotatable bonds is 6. The van der Waals surface area contributed by atoms with Gasteiger partial charge in [-0.05, 0) is 64.2 Å². The number of nitrogens with zero attached hydrogens (tertiary/aromatic N) is 4. The number of piperidine rings is 1. The average Bonchev–Trinajstić information content (AvgIpc) is 3.61. The predicted molar refractivity (Wildman–Crippen MR) is 139 cm³/mol. The predicted octanol–water partition coefficient (Wildman–Crippen LogP) is 5.33. The molecule has 5 rings (SSSR count). The number of hydrogen-bond donors (Lipinski definition) is 0. The van der Waals surface area contributed by atoms with Gasteiger partial charge in [0.1, 0.15) is 5.60 Å². The van der Waals surface area contributed by atoms with Gasteiger partial charge < -0.3 is 19.1 Å². The first-order chi connectivity index (χ1) is 17.8. The van der Waals surface area contributed by atoms with Crippen LogP contribution in [-0.4, -0.2) is 62.7 Å². The van der Waals surface area contributed by atoms with Gasteiger partial charge in [0.25, 0.3) is 5.91 Å². The molecule has 0 unspecified atom stereocenters. The molecule has 1 saturated carbocycles. The van der Waals surface area contributed by atoms with Crippen LogP contribution in [-0.2, 0) is 11.2 Å². The number of amides is 2. The van der Waals surface area contributed by atoms with Gasteiger partial charge in [-0.15, -0.1) is 0 Å². The van der Waals surface area contributed by atoms with E-state index in [1.54, 1.807) is 4.90 Å². The van der Waals surface area contributed by atoms with E-state index in [4.69, 9.17) is 9.26 Å². The molecule has 0 atom stereocenters. The second-order valence-electron chi connectivity index (χ2n) is 10.9. The van der Waals surface area contributed by atoms with Crippen LogP contribution >= 0.6 is 0 Å².